The molecule has 0 unspecified atom stereocenters. The number of aryl methyl sites for hydroxylation is 1. The number of hydrazine groups is 1. The van der Waals surface area contributed by atoms with E-state index in [9.17, 15) is 0 Å². The molecular formula is C10H15N7S. The van der Waals surface area contributed by atoms with Gasteiger partial charge in [0.2, 0.25) is 5.95 Å². The second-order valence-electron chi connectivity index (χ2n) is 3.70. The number of anilines is 3. The number of hydrogen-bond acceptors (Lipinski definition) is 8. The Balaban J connectivity index is 1.91. The quantitative estimate of drug-likeness (QED) is 0.466. The van der Waals surface area contributed by atoms with Crippen molar-refractivity contribution in [3.63, 3.8) is 0 Å². The van der Waals surface area contributed by atoms with Gasteiger partial charge in [0.1, 0.15) is 11.6 Å². The highest BCUT2D eigenvalue weighted by Crippen LogP contribution is 2.12. The van der Waals surface area contributed by atoms with E-state index in [1.54, 1.807) is 17.4 Å². The van der Waals surface area contributed by atoms with Gasteiger partial charge in [0.05, 0.1) is 5.01 Å². The third-order valence-corrected chi connectivity index (χ3v) is 3.23. The Morgan fingerprint density at radius 1 is 1.28 bits per heavy atom. The van der Waals surface area contributed by atoms with E-state index in [4.69, 9.17) is 11.6 Å². The maximum atomic E-state index is 5.55. The lowest BCUT2D eigenvalue weighted by molar-refractivity contribution is 0.975. The number of nitrogens with two attached hydrogens (primary N) is 2. The van der Waals surface area contributed by atoms with Crippen LogP contribution in [0.1, 0.15) is 10.7 Å². The van der Waals surface area contributed by atoms with Gasteiger partial charge in [-0.15, -0.1) is 11.3 Å². The Bertz CT molecular complexity index is 525. The van der Waals surface area contributed by atoms with Crippen LogP contribution in [-0.2, 0) is 6.42 Å². The summed E-state index contributed by atoms with van der Waals surface area (Å²) in [5.74, 6) is 6.58. The van der Waals surface area contributed by atoms with E-state index in [1.165, 1.54) is 0 Å². The normalized spacial score (nSPS) is 10.3. The van der Waals surface area contributed by atoms with Crippen LogP contribution < -0.4 is 22.3 Å². The number of aromatic nitrogens is 3. The first-order chi connectivity index (χ1) is 8.67. The summed E-state index contributed by atoms with van der Waals surface area (Å²) in [4.78, 5) is 12.3. The van der Waals surface area contributed by atoms with Gasteiger partial charge in [0.25, 0.3) is 0 Å². The van der Waals surface area contributed by atoms with E-state index in [0.29, 0.717) is 11.6 Å². The summed E-state index contributed by atoms with van der Waals surface area (Å²) in [6, 6.07) is 1.70. The average Bonchev–Trinajstić information content (AvgIpc) is 2.74. The van der Waals surface area contributed by atoms with Crippen molar-refractivity contribution in [2.45, 2.75) is 13.3 Å². The lowest BCUT2D eigenvalue weighted by Crippen LogP contribution is -2.13. The van der Waals surface area contributed by atoms with Gasteiger partial charge in [-0.3, -0.25) is 0 Å². The van der Waals surface area contributed by atoms with Crippen LogP contribution in [0.4, 0.5) is 17.6 Å². The molecule has 96 valence electrons. The maximum Gasteiger partial charge on any atom is 0.223 e. The molecule has 0 aliphatic rings. The van der Waals surface area contributed by atoms with Crippen LogP contribution in [0.2, 0.25) is 0 Å². The molecule has 6 N–H and O–H groups in total. The first kappa shape index (κ1) is 12.5. The molecule has 2 aromatic heterocycles. The highest BCUT2D eigenvalue weighted by molar-refractivity contribution is 7.09. The number of nitrogens with zero attached hydrogens (tertiary/aromatic N) is 3. The van der Waals surface area contributed by atoms with Crippen molar-refractivity contribution in [1.29, 1.82) is 0 Å². The van der Waals surface area contributed by atoms with Crippen molar-refractivity contribution < 1.29 is 0 Å². The molecule has 2 heterocycles. The molecule has 0 atom stereocenters. The molecule has 0 aliphatic carbocycles. The minimum Gasteiger partial charge on any atom is -0.369 e. The first-order valence-corrected chi connectivity index (χ1v) is 6.31. The Morgan fingerprint density at radius 3 is 2.72 bits per heavy atom. The summed E-state index contributed by atoms with van der Waals surface area (Å²) in [5.41, 5.74) is 9.04. The Hall–Kier alpha value is -1.93. The number of rotatable bonds is 5. The summed E-state index contributed by atoms with van der Waals surface area (Å²) in [7, 11) is 0. The van der Waals surface area contributed by atoms with Crippen molar-refractivity contribution in [3.8, 4) is 0 Å². The zero-order valence-electron chi connectivity index (χ0n) is 9.97. The predicted octanol–water partition coefficient (Wildman–Crippen LogP) is 0.764. The van der Waals surface area contributed by atoms with E-state index >= 15 is 0 Å². The van der Waals surface area contributed by atoms with E-state index in [1.807, 2.05) is 12.3 Å². The summed E-state index contributed by atoms with van der Waals surface area (Å²) in [5, 5.41) is 6.29. The van der Waals surface area contributed by atoms with Gasteiger partial charge < -0.3 is 16.5 Å². The fourth-order valence-electron chi connectivity index (χ4n) is 1.45. The molecule has 0 aliphatic heterocycles. The Kier molecular flexibility index (Phi) is 3.90. The monoisotopic (exact) mass is 265 g/mol. The molecule has 0 spiro atoms. The second kappa shape index (κ2) is 5.61. The fourth-order valence-corrected chi connectivity index (χ4v) is 2.22. The summed E-state index contributed by atoms with van der Waals surface area (Å²) < 4.78 is 0. The average molecular weight is 265 g/mol. The third kappa shape index (κ3) is 3.28. The molecule has 0 amide bonds. The number of hydrogen-bond donors (Lipinski definition) is 4. The zero-order chi connectivity index (χ0) is 13.0. The lowest BCUT2D eigenvalue weighted by Gasteiger charge is -2.07. The molecule has 0 saturated carbocycles. The van der Waals surface area contributed by atoms with Gasteiger partial charge in [0, 0.05) is 30.1 Å². The van der Waals surface area contributed by atoms with Gasteiger partial charge in [-0.25, -0.2) is 10.8 Å². The maximum absolute atomic E-state index is 5.55. The predicted molar refractivity (Wildman–Crippen MR) is 73.3 cm³/mol. The Morgan fingerprint density at radius 2 is 2.06 bits per heavy atom. The van der Waals surface area contributed by atoms with Crippen LogP contribution in [0.3, 0.4) is 0 Å². The Labute approximate surface area is 109 Å². The largest absolute Gasteiger partial charge is 0.369 e. The van der Waals surface area contributed by atoms with E-state index in [-0.39, 0.29) is 5.95 Å². The molecule has 0 bridgehead atoms. The van der Waals surface area contributed by atoms with Crippen molar-refractivity contribution >= 4 is 28.9 Å². The highest BCUT2D eigenvalue weighted by atomic mass is 32.1. The molecule has 7 nitrogen and oxygen atoms in total. The number of nitrogen functional groups attached to an aromatic ring is 2. The van der Waals surface area contributed by atoms with E-state index in [2.05, 4.69) is 25.7 Å². The summed E-state index contributed by atoms with van der Waals surface area (Å²) in [6.07, 6.45) is 0.841. The minimum absolute atomic E-state index is 0.179. The van der Waals surface area contributed by atoms with Crippen molar-refractivity contribution in [2.24, 2.45) is 5.84 Å². The fraction of sp³-hybridized carbons (Fsp3) is 0.300. The lowest BCUT2D eigenvalue weighted by atomic mass is 10.4. The van der Waals surface area contributed by atoms with Gasteiger partial charge in [-0.05, 0) is 6.92 Å². The molecule has 2 aromatic rings. The van der Waals surface area contributed by atoms with Gasteiger partial charge in [-0.1, -0.05) is 0 Å². The highest BCUT2D eigenvalue weighted by Gasteiger charge is 2.02. The molecule has 0 aromatic carbocycles. The smallest absolute Gasteiger partial charge is 0.223 e. The minimum atomic E-state index is 0.179. The number of nitrogens with one attached hydrogen (secondary N) is 2. The summed E-state index contributed by atoms with van der Waals surface area (Å²) in [6.45, 7) is 2.71. The zero-order valence-corrected chi connectivity index (χ0v) is 10.8. The second-order valence-corrected chi connectivity index (χ2v) is 4.64. The van der Waals surface area contributed by atoms with Gasteiger partial charge in [0.15, 0.2) is 0 Å². The van der Waals surface area contributed by atoms with Crippen LogP contribution in [0.25, 0.3) is 0 Å². The first-order valence-electron chi connectivity index (χ1n) is 5.43. The van der Waals surface area contributed by atoms with Crippen LogP contribution in [0.15, 0.2) is 11.4 Å². The van der Waals surface area contributed by atoms with Crippen molar-refractivity contribution in [2.75, 3.05) is 23.0 Å². The standard InChI is InChI=1S/C10H15N7S/c1-6-5-18-9(14-6)2-3-13-7-4-8(17-12)16-10(11)15-7/h4-5H,2-3,12H2,1H3,(H4,11,13,15,16,17). The molecular weight excluding hydrogens is 250 g/mol. The van der Waals surface area contributed by atoms with Gasteiger partial charge >= 0.3 is 0 Å². The van der Waals surface area contributed by atoms with Crippen LogP contribution >= 0.6 is 11.3 Å². The van der Waals surface area contributed by atoms with Crippen LogP contribution in [0.5, 0.6) is 0 Å². The molecule has 18 heavy (non-hydrogen) atoms. The third-order valence-electron chi connectivity index (χ3n) is 2.20. The molecule has 0 radical (unpaired) electrons. The van der Waals surface area contributed by atoms with Crippen LogP contribution in [-0.4, -0.2) is 21.5 Å². The number of thiazole rings is 1. The molecule has 2 rings (SSSR count). The van der Waals surface area contributed by atoms with Gasteiger partial charge in [-0.2, -0.15) is 9.97 Å². The van der Waals surface area contributed by atoms with Crippen molar-refractivity contribution in [1.82, 2.24) is 15.0 Å². The van der Waals surface area contributed by atoms with E-state index < -0.39 is 0 Å². The molecule has 0 saturated heterocycles. The summed E-state index contributed by atoms with van der Waals surface area (Å²) >= 11 is 1.65. The topological polar surface area (TPSA) is 115 Å². The molecule has 0 fully saturated rings. The van der Waals surface area contributed by atoms with E-state index in [0.717, 1.165) is 23.7 Å². The van der Waals surface area contributed by atoms with Crippen LogP contribution in [0, 0.1) is 6.92 Å². The SMILES string of the molecule is Cc1csc(CCNc2cc(NN)nc(N)n2)n1. The van der Waals surface area contributed by atoms with Crippen molar-refractivity contribution in [3.05, 3.63) is 22.1 Å². The molecule has 8 heteroatoms.